The van der Waals surface area contributed by atoms with Crippen molar-refractivity contribution < 1.29 is 14.7 Å². The predicted molar refractivity (Wildman–Crippen MR) is 80.4 cm³/mol. The van der Waals surface area contributed by atoms with Gasteiger partial charge in [0.05, 0.1) is 0 Å². The van der Waals surface area contributed by atoms with Gasteiger partial charge in [0.1, 0.15) is 6.04 Å². The van der Waals surface area contributed by atoms with Gasteiger partial charge >= 0.3 is 5.97 Å². The molecule has 19 heavy (non-hydrogen) atoms. The Hall–Kier alpha value is -1.21. The number of aliphatic carboxylic acids is 1. The van der Waals surface area contributed by atoms with Gasteiger partial charge in [-0.3, -0.25) is 4.79 Å². The molecular formula is C12H15BrN2O3S. The number of carbonyl (C=O) groups excluding carboxylic acids is 1. The lowest BCUT2D eigenvalue weighted by Crippen LogP contribution is -2.41. The van der Waals surface area contributed by atoms with E-state index in [1.807, 2.05) is 6.26 Å². The molecule has 0 spiro atoms. The molecule has 0 unspecified atom stereocenters. The highest BCUT2D eigenvalue weighted by Gasteiger charge is 2.20. The predicted octanol–water partition coefficient (Wildman–Crippen LogP) is 1.97. The summed E-state index contributed by atoms with van der Waals surface area (Å²) in [7, 11) is 0. The minimum absolute atomic E-state index is 0.335. The van der Waals surface area contributed by atoms with Gasteiger partial charge in [0.15, 0.2) is 0 Å². The topological polar surface area (TPSA) is 92.4 Å². The molecule has 1 atom stereocenters. The van der Waals surface area contributed by atoms with Gasteiger partial charge in [-0.15, -0.1) is 0 Å². The zero-order chi connectivity index (χ0) is 14.4. The highest BCUT2D eigenvalue weighted by atomic mass is 79.9. The number of nitrogens with two attached hydrogens (primary N) is 1. The van der Waals surface area contributed by atoms with Crippen molar-refractivity contribution in [3.63, 3.8) is 0 Å². The minimum Gasteiger partial charge on any atom is -0.480 e. The van der Waals surface area contributed by atoms with Crippen LogP contribution in [0.15, 0.2) is 22.7 Å². The largest absolute Gasteiger partial charge is 0.480 e. The molecule has 1 rings (SSSR count). The normalized spacial score (nSPS) is 11.9. The number of nitrogen functional groups attached to an aromatic ring is 1. The lowest BCUT2D eigenvalue weighted by Gasteiger charge is -2.14. The Morgan fingerprint density at radius 1 is 1.47 bits per heavy atom. The van der Waals surface area contributed by atoms with Gasteiger partial charge in [-0.25, -0.2) is 4.79 Å². The number of rotatable bonds is 6. The van der Waals surface area contributed by atoms with E-state index in [2.05, 4.69) is 21.2 Å². The van der Waals surface area contributed by atoms with E-state index in [9.17, 15) is 9.59 Å². The smallest absolute Gasteiger partial charge is 0.326 e. The summed E-state index contributed by atoms with van der Waals surface area (Å²) in [5.74, 6) is -0.815. The first kappa shape index (κ1) is 15.8. The molecule has 0 heterocycles. The Morgan fingerprint density at radius 2 is 2.16 bits per heavy atom. The van der Waals surface area contributed by atoms with Gasteiger partial charge in [-0.05, 0) is 36.6 Å². The van der Waals surface area contributed by atoms with Gasteiger partial charge in [-0.1, -0.05) is 15.9 Å². The van der Waals surface area contributed by atoms with Gasteiger partial charge in [0, 0.05) is 15.7 Å². The van der Waals surface area contributed by atoms with Crippen molar-refractivity contribution in [1.29, 1.82) is 0 Å². The van der Waals surface area contributed by atoms with Gasteiger partial charge in [0.25, 0.3) is 5.91 Å². The quantitative estimate of drug-likeness (QED) is 0.684. The number of carboxylic acids is 1. The molecule has 0 saturated carbocycles. The lowest BCUT2D eigenvalue weighted by molar-refractivity contribution is -0.139. The van der Waals surface area contributed by atoms with Crippen molar-refractivity contribution in [2.75, 3.05) is 17.7 Å². The summed E-state index contributed by atoms with van der Waals surface area (Å²) in [4.78, 5) is 23.0. The van der Waals surface area contributed by atoms with E-state index < -0.39 is 17.9 Å². The molecule has 0 aliphatic rings. The second-order valence-electron chi connectivity index (χ2n) is 3.92. The summed E-state index contributed by atoms with van der Waals surface area (Å²) in [5.41, 5.74) is 6.41. The molecule has 7 heteroatoms. The highest BCUT2D eigenvalue weighted by Crippen LogP contribution is 2.17. The van der Waals surface area contributed by atoms with Crippen LogP contribution in [0.4, 0.5) is 5.69 Å². The van der Waals surface area contributed by atoms with E-state index in [0.29, 0.717) is 27.9 Å². The summed E-state index contributed by atoms with van der Waals surface area (Å²) in [6.45, 7) is 0. The van der Waals surface area contributed by atoms with E-state index in [1.165, 1.54) is 17.8 Å². The number of carbonyl (C=O) groups is 2. The second-order valence-corrected chi connectivity index (χ2v) is 5.82. The van der Waals surface area contributed by atoms with Crippen LogP contribution in [-0.4, -0.2) is 35.0 Å². The number of benzene rings is 1. The zero-order valence-electron chi connectivity index (χ0n) is 10.4. The van der Waals surface area contributed by atoms with Crippen LogP contribution in [0.5, 0.6) is 0 Å². The van der Waals surface area contributed by atoms with E-state index >= 15 is 0 Å². The van der Waals surface area contributed by atoms with Gasteiger partial charge in [0.2, 0.25) is 0 Å². The highest BCUT2D eigenvalue weighted by molar-refractivity contribution is 9.10. The van der Waals surface area contributed by atoms with Crippen LogP contribution in [0, 0.1) is 0 Å². The number of hydrogen-bond donors (Lipinski definition) is 3. The van der Waals surface area contributed by atoms with Crippen LogP contribution in [0.2, 0.25) is 0 Å². The van der Waals surface area contributed by atoms with E-state index in [4.69, 9.17) is 10.8 Å². The number of anilines is 1. The maximum atomic E-state index is 12.0. The van der Waals surface area contributed by atoms with Crippen LogP contribution in [0.3, 0.4) is 0 Å². The molecule has 1 aromatic carbocycles. The molecule has 0 bridgehead atoms. The first-order chi connectivity index (χ1) is 8.93. The van der Waals surface area contributed by atoms with Crippen LogP contribution >= 0.6 is 27.7 Å². The van der Waals surface area contributed by atoms with E-state index in [1.54, 1.807) is 12.1 Å². The average molecular weight is 347 g/mol. The van der Waals surface area contributed by atoms with E-state index in [0.717, 1.165) is 0 Å². The number of hydrogen-bond acceptors (Lipinski definition) is 4. The zero-order valence-corrected chi connectivity index (χ0v) is 12.8. The van der Waals surface area contributed by atoms with Crippen molar-refractivity contribution in [3.05, 3.63) is 28.2 Å². The number of nitrogens with one attached hydrogen (secondary N) is 1. The Balaban J connectivity index is 2.78. The second kappa shape index (κ2) is 7.40. The molecule has 0 fully saturated rings. The third kappa shape index (κ3) is 5.12. The maximum Gasteiger partial charge on any atom is 0.326 e. The van der Waals surface area contributed by atoms with Crippen molar-refractivity contribution in [3.8, 4) is 0 Å². The van der Waals surface area contributed by atoms with Crippen LogP contribution in [-0.2, 0) is 4.79 Å². The van der Waals surface area contributed by atoms with Crippen LogP contribution in [0.1, 0.15) is 16.8 Å². The van der Waals surface area contributed by atoms with Crippen LogP contribution in [0.25, 0.3) is 0 Å². The number of amides is 1. The summed E-state index contributed by atoms with van der Waals surface area (Å²) < 4.78 is 0.675. The van der Waals surface area contributed by atoms with Gasteiger partial charge in [-0.2, -0.15) is 11.8 Å². The van der Waals surface area contributed by atoms with Crippen molar-refractivity contribution in [2.45, 2.75) is 12.5 Å². The Labute approximate surface area is 124 Å². The lowest BCUT2D eigenvalue weighted by atomic mass is 10.1. The molecule has 1 aromatic rings. The molecule has 104 valence electrons. The molecule has 4 N–H and O–H groups in total. The first-order valence-corrected chi connectivity index (χ1v) is 7.71. The molecule has 5 nitrogen and oxygen atoms in total. The fourth-order valence-electron chi connectivity index (χ4n) is 1.48. The van der Waals surface area contributed by atoms with Gasteiger partial charge < -0.3 is 16.2 Å². The Morgan fingerprint density at radius 3 is 2.68 bits per heavy atom. The summed E-state index contributed by atoms with van der Waals surface area (Å²) in [6.07, 6.45) is 2.27. The summed E-state index contributed by atoms with van der Waals surface area (Å²) in [5, 5.41) is 11.5. The SMILES string of the molecule is CSCC[C@@H](NC(=O)c1cc(N)cc(Br)c1)C(=O)O. The molecule has 0 saturated heterocycles. The Kier molecular flexibility index (Phi) is 6.17. The molecule has 0 radical (unpaired) electrons. The third-order valence-corrected chi connectivity index (χ3v) is 3.50. The number of halogens is 1. The molecule has 0 aliphatic heterocycles. The van der Waals surface area contributed by atoms with Crippen LogP contribution < -0.4 is 11.1 Å². The number of carboxylic acid groups (broad SMARTS) is 1. The monoisotopic (exact) mass is 346 g/mol. The maximum absolute atomic E-state index is 12.0. The first-order valence-electron chi connectivity index (χ1n) is 5.52. The average Bonchev–Trinajstić information content (AvgIpc) is 2.32. The van der Waals surface area contributed by atoms with E-state index in [-0.39, 0.29) is 0 Å². The molecule has 0 aliphatic carbocycles. The number of thioether (sulfide) groups is 1. The standard InChI is InChI=1S/C12H15BrN2O3S/c1-19-3-2-10(12(17)18)15-11(16)7-4-8(13)6-9(14)5-7/h4-6,10H,2-3,14H2,1H3,(H,15,16)(H,17,18)/t10-/m1/s1. The summed E-state index contributed by atoms with van der Waals surface area (Å²) >= 11 is 4.77. The summed E-state index contributed by atoms with van der Waals surface area (Å²) in [6, 6.07) is 3.88. The molecule has 1 amide bonds. The fraction of sp³-hybridized carbons (Fsp3) is 0.333. The fourth-order valence-corrected chi connectivity index (χ4v) is 2.46. The Bertz CT molecular complexity index is 462. The molecular weight excluding hydrogens is 332 g/mol. The minimum atomic E-state index is -1.04. The third-order valence-electron chi connectivity index (χ3n) is 2.40. The molecule has 0 aromatic heterocycles. The van der Waals surface area contributed by atoms with Crippen molar-refractivity contribution >= 4 is 45.3 Å². The van der Waals surface area contributed by atoms with Crippen molar-refractivity contribution in [2.24, 2.45) is 0 Å². The van der Waals surface area contributed by atoms with Crippen molar-refractivity contribution in [1.82, 2.24) is 5.32 Å².